The number of aromatic nitrogens is 4. The number of fused-ring (bicyclic) bond motifs is 3. The fourth-order valence-corrected chi connectivity index (χ4v) is 4.40. The minimum absolute atomic E-state index is 0.0766. The molecule has 0 spiro atoms. The summed E-state index contributed by atoms with van der Waals surface area (Å²) in [6.45, 7) is 4.45. The number of hydrogen-bond acceptors (Lipinski definition) is 5. The molecule has 0 bridgehead atoms. The number of carbonyl (C=O) groups excluding carboxylic acids is 1. The molecule has 2 heterocycles. The van der Waals surface area contributed by atoms with Gasteiger partial charge in [0.15, 0.2) is 5.16 Å². The third-order valence-corrected chi connectivity index (χ3v) is 6.23. The predicted molar refractivity (Wildman–Crippen MR) is 125 cm³/mol. The Morgan fingerprint density at radius 2 is 2.00 bits per heavy atom. The van der Waals surface area contributed by atoms with Gasteiger partial charge in [-0.1, -0.05) is 54.9 Å². The van der Waals surface area contributed by atoms with Crippen molar-refractivity contribution in [3.05, 3.63) is 63.9 Å². The molecule has 0 fully saturated rings. The molecule has 0 aliphatic heterocycles. The van der Waals surface area contributed by atoms with E-state index in [1.165, 1.54) is 11.8 Å². The SMILES string of the molecule is CCCCn1c(=O)c2ccccc2n2c(SC(C)C(=O)Nc3cccc(Cl)c3)nnc12. The zero-order valence-corrected chi connectivity index (χ0v) is 18.8. The number of halogens is 1. The van der Waals surface area contributed by atoms with Gasteiger partial charge < -0.3 is 5.32 Å². The fraction of sp³-hybridized carbons (Fsp3) is 0.273. The fourth-order valence-electron chi connectivity index (χ4n) is 3.35. The quantitative estimate of drug-likeness (QED) is 0.411. The summed E-state index contributed by atoms with van der Waals surface area (Å²) >= 11 is 7.30. The van der Waals surface area contributed by atoms with Crippen molar-refractivity contribution in [2.24, 2.45) is 0 Å². The second kappa shape index (κ2) is 9.11. The van der Waals surface area contributed by atoms with Crippen molar-refractivity contribution in [2.45, 2.75) is 43.6 Å². The molecule has 1 N–H and O–H groups in total. The van der Waals surface area contributed by atoms with Crippen LogP contribution in [-0.4, -0.2) is 30.3 Å². The van der Waals surface area contributed by atoms with Crippen molar-refractivity contribution in [3.8, 4) is 0 Å². The van der Waals surface area contributed by atoms with E-state index in [4.69, 9.17) is 11.6 Å². The zero-order valence-electron chi connectivity index (χ0n) is 17.2. The van der Waals surface area contributed by atoms with Crippen LogP contribution in [-0.2, 0) is 11.3 Å². The number of benzene rings is 2. The number of hydrogen-bond donors (Lipinski definition) is 1. The highest BCUT2D eigenvalue weighted by atomic mass is 35.5. The van der Waals surface area contributed by atoms with Gasteiger partial charge in [-0.2, -0.15) is 0 Å². The number of carbonyl (C=O) groups is 1. The van der Waals surface area contributed by atoms with Crippen LogP contribution in [0.25, 0.3) is 16.7 Å². The maximum atomic E-state index is 13.0. The zero-order chi connectivity index (χ0) is 22.0. The third-order valence-electron chi connectivity index (χ3n) is 4.96. The molecule has 2 aromatic heterocycles. The number of anilines is 1. The highest BCUT2D eigenvalue weighted by Crippen LogP contribution is 2.26. The highest BCUT2D eigenvalue weighted by molar-refractivity contribution is 8.00. The van der Waals surface area contributed by atoms with Crippen LogP contribution < -0.4 is 10.9 Å². The predicted octanol–water partition coefficient (Wildman–Crippen LogP) is 4.62. The molecule has 0 saturated carbocycles. The first-order valence-corrected chi connectivity index (χ1v) is 11.3. The summed E-state index contributed by atoms with van der Waals surface area (Å²) in [7, 11) is 0. The lowest BCUT2D eigenvalue weighted by molar-refractivity contribution is -0.115. The van der Waals surface area contributed by atoms with E-state index in [2.05, 4.69) is 22.4 Å². The first-order valence-electron chi connectivity index (χ1n) is 10.1. The monoisotopic (exact) mass is 455 g/mol. The molecule has 1 atom stereocenters. The van der Waals surface area contributed by atoms with Crippen molar-refractivity contribution in [3.63, 3.8) is 0 Å². The lowest BCUT2D eigenvalue weighted by atomic mass is 10.2. The van der Waals surface area contributed by atoms with E-state index in [1.807, 2.05) is 28.7 Å². The van der Waals surface area contributed by atoms with E-state index >= 15 is 0 Å². The van der Waals surface area contributed by atoms with Gasteiger partial charge in [0.25, 0.3) is 5.56 Å². The number of nitrogens with zero attached hydrogens (tertiary/aromatic N) is 4. The molecule has 7 nitrogen and oxygen atoms in total. The van der Waals surface area contributed by atoms with Gasteiger partial charge in [-0.3, -0.25) is 18.6 Å². The van der Waals surface area contributed by atoms with Crippen LogP contribution >= 0.6 is 23.4 Å². The molecule has 31 heavy (non-hydrogen) atoms. The van der Waals surface area contributed by atoms with E-state index in [1.54, 1.807) is 35.8 Å². The molecular weight excluding hydrogens is 434 g/mol. The first-order chi connectivity index (χ1) is 15.0. The lowest BCUT2D eigenvalue weighted by Gasteiger charge is -2.13. The maximum absolute atomic E-state index is 13.0. The molecule has 1 unspecified atom stereocenters. The Hall–Kier alpha value is -2.84. The van der Waals surface area contributed by atoms with Crippen LogP contribution in [0.2, 0.25) is 5.02 Å². The largest absolute Gasteiger partial charge is 0.325 e. The summed E-state index contributed by atoms with van der Waals surface area (Å²) in [4.78, 5) is 25.7. The number of rotatable bonds is 7. The third kappa shape index (κ3) is 4.31. The van der Waals surface area contributed by atoms with Crippen LogP contribution in [0.1, 0.15) is 26.7 Å². The highest BCUT2D eigenvalue weighted by Gasteiger charge is 2.21. The van der Waals surface area contributed by atoms with Crippen LogP contribution in [0.4, 0.5) is 5.69 Å². The average Bonchev–Trinajstić information content (AvgIpc) is 3.17. The van der Waals surface area contributed by atoms with Crippen molar-refractivity contribution in [1.82, 2.24) is 19.2 Å². The minimum Gasteiger partial charge on any atom is -0.325 e. The summed E-state index contributed by atoms with van der Waals surface area (Å²) in [5.74, 6) is 0.315. The smallest absolute Gasteiger partial charge is 0.262 e. The second-order valence-electron chi connectivity index (χ2n) is 7.21. The van der Waals surface area contributed by atoms with Crippen molar-refractivity contribution in [2.75, 3.05) is 5.32 Å². The van der Waals surface area contributed by atoms with Crippen LogP contribution in [0.3, 0.4) is 0 Å². The Morgan fingerprint density at radius 3 is 2.77 bits per heavy atom. The molecule has 2 aromatic carbocycles. The summed E-state index contributed by atoms with van der Waals surface area (Å²) in [5, 5.41) is 12.8. The normalized spacial score (nSPS) is 12.4. The van der Waals surface area contributed by atoms with Crippen molar-refractivity contribution < 1.29 is 4.79 Å². The summed E-state index contributed by atoms with van der Waals surface area (Å²) in [5.41, 5.74) is 1.28. The Labute approximate surface area is 188 Å². The summed E-state index contributed by atoms with van der Waals surface area (Å²) in [6.07, 6.45) is 1.82. The number of aryl methyl sites for hydroxylation is 1. The molecule has 4 rings (SSSR count). The standard InChI is InChI=1S/C22H22ClN5O2S/c1-3-4-12-27-20(30)17-10-5-6-11-18(17)28-21(27)25-26-22(28)31-14(2)19(29)24-16-9-7-8-15(23)13-16/h5-11,13-14H,3-4,12H2,1-2H3,(H,24,29). The molecule has 0 aliphatic carbocycles. The van der Waals surface area contributed by atoms with Gasteiger partial charge in [-0.25, -0.2) is 0 Å². The molecular formula is C22H22ClN5O2S. The first kappa shape index (κ1) is 21.4. The van der Waals surface area contributed by atoms with Crippen molar-refractivity contribution >= 4 is 51.6 Å². The van der Waals surface area contributed by atoms with Crippen LogP contribution in [0.5, 0.6) is 0 Å². The molecule has 160 valence electrons. The van der Waals surface area contributed by atoms with Gasteiger partial charge in [0.1, 0.15) is 0 Å². The van der Waals surface area contributed by atoms with E-state index in [9.17, 15) is 9.59 Å². The minimum atomic E-state index is -0.443. The Bertz CT molecular complexity index is 1320. The van der Waals surface area contributed by atoms with Gasteiger partial charge in [0.05, 0.1) is 16.2 Å². The number of amides is 1. The molecule has 0 saturated heterocycles. The van der Waals surface area contributed by atoms with Gasteiger partial charge in [-0.05, 0) is 43.7 Å². The topological polar surface area (TPSA) is 81.3 Å². The Morgan fingerprint density at radius 1 is 1.19 bits per heavy atom. The summed E-state index contributed by atoms with van der Waals surface area (Å²) in [6, 6.07) is 14.4. The van der Waals surface area contributed by atoms with Gasteiger partial charge >= 0.3 is 0 Å². The number of unbranched alkanes of at least 4 members (excludes halogenated alkanes) is 1. The molecule has 0 aliphatic rings. The average molecular weight is 456 g/mol. The van der Waals surface area contributed by atoms with E-state index in [0.717, 1.165) is 18.4 Å². The molecule has 0 radical (unpaired) electrons. The Balaban J connectivity index is 1.70. The van der Waals surface area contributed by atoms with Gasteiger partial charge in [0, 0.05) is 17.3 Å². The number of nitrogens with one attached hydrogen (secondary N) is 1. The number of para-hydroxylation sites is 1. The van der Waals surface area contributed by atoms with Gasteiger partial charge in [0.2, 0.25) is 11.7 Å². The van der Waals surface area contributed by atoms with E-state index in [0.29, 0.717) is 33.6 Å². The van der Waals surface area contributed by atoms with Crippen LogP contribution in [0.15, 0.2) is 58.5 Å². The Kier molecular flexibility index (Phi) is 6.29. The lowest BCUT2D eigenvalue weighted by Crippen LogP contribution is -2.24. The molecule has 4 aromatic rings. The second-order valence-corrected chi connectivity index (χ2v) is 8.95. The maximum Gasteiger partial charge on any atom is 0.262 e. The number of thioether (sulfide) groups is 1. The summed E-state index contributed by atoms with van der Waals surface area (Å²) < 4.78 is 3.53. The van der Waals surface area contributed by atoms with Crippen molar-refractivity contribution in [1.29, 1.82) is 0 Å². The van der Waals surface area contributed by atoms with E-state index < -0.39 is 5.25 Å². The molecule has 1 amide bonds. The van der Waals surface area contributed by atoms with Crippen LogP contribution in [0, 0.1) is 0 Å². The molecule has 9 heteroatoms. The van der Waals surface area contributed by atoms with Gasteiger partial charge in [-0.15, -0.1) is 10.2 Å². The van der Waals surface area contributed by atoms with E-state index in [-0.39, 0.29) is 11.5 Å².